The molecule has 0 saturated heterocycles. The van der Waals surface area contributed by atoms with Crippen LogP contribution in [-0.2, 0) is 4.79 Å². The number of amides is 1. The smallest absolute Gasteiger partial charge is 0.229 e. The molecule has 0 radical (unpaired) electrons. The Kier molecular flexibility index (Phi) is 7.45. The van der Waals surface area contributed by atoms with Gasteiger partial charge in [0.1, 0.15) is 0 Å². The minimum atomic E-state index is -1.90. The van der Waals surface area contributed by atoms with Gasteiger partial charge in [0.25, 0.3) is 0 Å². The van der Waals surface area contributed by atoms with Crippen LogP contribution < -0.4 is 30.6 Å². The van der Waals surface area contributed by atoms with E-state index in [1.54, 1.807) is 19.1 Å². The summed E-state index contributed by atoms with van der Waals surface area (Å²) in [6.07, 6.45) is 0.472. The van der Waals surface area contributed by atoms with Crippen molar-refractivity contribution in [3.05, 3.63) is 18.5 Å². The van der Waals surface area contributed by atoms with Crippen molar-refractivity contribution < 1.29 is 19.0 Å². The number of halogens is 3. The lowest BCUT2D eigenvalue weighted by molar-refractivity contribution is -0.122. The van der Waals surface area contributed by atoms with Gasteiger partial charge in [0.15, 0.2) is 34.6 Å². The van der Waals surface area contributed by atoms with E-state index in [1.165, 1.54) is 32.2 Å². The number of aromatic nitrogens is 4. The maximum absolute atomic E-state index is 12.0. The van der Waals surface area contributed by atoms with Gasteiger partial charge in [-0.05, 0) is 0 Å². The van der Waals surface area contributed by atoms with Gasteiger partial charge < -0.3 is 30.6 Å². The maximum Gasteiger partial charge on any atom is 0.229 e. The number of methoxy groups -OCH3 is 3. The Hall–Kier alpha value is -2.89. The van der Waals surface area contributed by atoms with E-state index in [0.717, 1.165) is 0 Å². The number of rotatable bonds is 8. The van der Waals surface area contributed by atoms with Gasteiger partial charge in [-0.25, -0.2) is 4.98 Å². The highest BCUT2D eigenvalue weighted by atomic mass is 35.6. The molecular formula is C19H22Cl3N7O4. The second-order valence-corrected chi connectivity index (χ2v) is 9.03. The summed E-state index contributed by atoms with van der Waals surface area (Å²) in [5.41, 5.74) is 7.06. The van der Waals surface area contributed by atoms with Gasteiger partial charge in [-0.1, -0.05) is 41.7 Å². The average Bonchev–Trinajstić information content (AvgIpc) is 3.18. The molecule has 3 aromatic rings. The molecule has 1 aromatic carbocycles. The minimum absolute atomic E-state index is 0.0657. The van der Waals surface area contributed by atoms with Crippen LogP contribution in [0, 0.1) is 0 Å². The van der Waals surface area contributed by atoms with Crippen LogP contribution in [-0.4, -0.2) is 50.5 Å². The molecule has 1 amide bonds. The lowest BCUT2D eigenvalue weighted by Crippen LogP contribution is -2.40. The van der Waals surface area contributed by atoms with E-state index in [1.807, 2.05) is 0 Å². The molecule has 0 spiro atoms. The zero-order valence-corrected chi connectivity index (χ0v) is 20.4. The van der Waals surface area contributed by atoms with Crippen molar-refractivity contribution in [1.82, 2.24) is 24.8 Å². The third-order valence-electron chi connectivity index (χ3n) is 4.57. The largest absolute Gasteiger partial charge is 0.493 e. The number of nitrogen functional groups attached to an aromatic ring is 1. The predicted molar refractivity (Wildman–Crippen MR) is 127 cm³/mol. The number of imidazole rings is 1. The molecule has 14 heteroatoms. The maximum atomic E-state index is 12.0. The first-order valence-corrected chi connectivity index (χ1v) is 10.7. The van der Waals surface area contributed by atoms with Gasteiger partial charge >= 0.3 is 0 Å². The number of carbonyl (C=O) groups excluding carboxylic acids is 1. The number of anilines is 3. The Balaban J connectivity index is 2.10. The highest BCUT2D eigenvalue weighted by molar-refractivity contribution is 6.68. The molecule has 1 unspecified atom stereocenters. The first kappa shape index (κ1) is 24.7. The first-order valence-electron chi connectivity index (χ1n) is 9.56. The highest BCUT2D eigenvalue weighted by Crippen LogP contribution is 2.41. The Morgan fingerprint density at radius 1 is 1.15 bits per heavy atom. The number of fused-ring (bicyclic) bond motifs is 1. The molecule has 1 atom stereocenters. The zero-order valence-electron chi connectivity index (χ0n) is 18.1. The Labute approximate surface area is 204 Å². The van der Waals surface area contributed by atoms with Crippen LogP contribution in [0.2, 0.25) is 0 Å². The van der Waals surface area contributed by atoms with E-state index in [2.05, 4.69) is 25.6 Å². The summed E-state index contributed by atoms with van der Waals surface area (Å²) in [5.74, 6) is 1.17. The molecule has 0 aliphatic rings. The summed E-state index contributed by atoms with van der Waals surface area (Å²) in [4.78, 5) is 24.8. The van der Waals surface area contributed by atoms with Crippen molar-refractivity contribution in [3.8, 4) is 17.2 Å². The zero-order chi connectivity index (χ0) is 24.3. The van der Waals surface area contributed by atoms with Gasteiger partial charge in [-0.15, -0.1) is 0 Å². The van der Waals surface area contributed by atoms with Crippen LogP contribution >= 0.6 is 34.8 Å². The third-order valence-corrected chi connectivity index (χ3v) is 5.19. The van der Waals surface area contributed by atoms with E-state index in [4.69, 9.17) is 54.7 Å². The van der Waals surface area contributed by atoms with E-state index in [0.29, 0.717) is 28.5 Å². The van der Waals surface area contributed by atoms with Crippen LogP contribution in [0.15, 0.2) is 18.5 Å². The number of alkyl halides is 3. The van der Waals surface area contributed by atoms with Crippen LogP contribution in [0.1, 0.15) is 19.5 Å². The topological polar surface area (TPSA) is 138 Å². The van der Waals surface area contributed by atoms with Crippen LogP contribution in [0.5, 0.6) is 17.2 Å². The van der Waals surface area contributed by atoms with Crippen molar-refractivity contribution in [3.63, 3.8) is 0 Å². The Morgan fingerprint density at radius 3 is 2.30 bits per heavy atom. The van der Waals surface area contributed by atoms with E-state index in [9.17, 15) is 4.79 Å². The van der Waals surface area contributed by atoms with Crippen molar-refractivity contribution >= 4 is 69.3 Å². The minimum Gasteiger partial charge on any atom is -0.493 e. The van der Waals surface area contributed by atoms with E-state index >= 15 is 0 Å². The fourth-order valence-corrected chi connectivity index (χ4v) is 3.54. The van der Waals surface area contributed by atoms with Gasteiger partial charge in [0.2, 0.25) is 21.4 Å². The summed E-state index contributed by atoms with van der Waals surface area (Å²) in [6.45, 7) is 1.68. The van der Waals surface area contributed by atoms with Gasteiger partial charge in [-0.3, -0.25) is 9.36 Å². The molecule has 3 rings (SSSR count). The molecule has 4 N–H and O–H groups in total. The number of carbonyl (C=O) groups is 1. The molecule has 33 heavy (non-hydrogen) atoms. The quantitative estimate of drug-likeness (QED) is 0.382. The SMILES string of the molecule is CCC(=O)NC(n1cnc2c(Nc3cc(OC)c(OC)c(OC)c3)nc(N)nc21)C(Cl)(Cl)Cl. The first-order chi connectivity index (χ1) is 15.6. The summed E-state index contributed by atoms with van der Waals surface area (Å²) >= 11 is 18.4. The normalized spacial score (nSPS) is 12.3. The number of ether oxygens (including phenoxy) is 3. The van der Waals surface area contributed by atoms with Crippen molar-refractivity contribution in [2.45, 2.75) is 23.3 Å². The molecule has 0 bridgehead atoms. The van der Waals surface area contributed by atoms with Crippen molar-refractivity contribution in [2.75, 3.05) is 32.4 Å². The summed E-state index contributed by atoms with van der Waals surface area (Å²) in [7, 11) is 4.52. The Bertz CT molecular complexity index is 1140. The van der Waals surface area contributed by atoms with E-state index in [-0.39, 0.29) is 29.7 Å². The number of hydrogen-bond acceptors (Lipinski definition) is 9. The van der Waals surface area contributed by atoms with Crippen LogP contribution in [0.25, 0.3) is 11.2 Å². The summed E-state index contributed by atoms with van der Waals surface area (Å²) in [5, 5.41) is 5.77. The van der Waals surface area contributed by atoms with Crippen molar-refractivity contribution in [1.29, 1.82) is 0 Å². The molecule has 0 aliphatic carbocycles. The van der Waals surface area contributed by atoms with Crippen LogP contribution in [0.4, 0.5) is 17.5 Å². The monoisotopic (exact) mass is 517 g/mol. The van der Waals surface area contributed by atoms with Gasteiger partial charge in [0, 0.05) is 24.2 Å². The van der Waals surface area contributed by atoms with E-state index < -0.39 is 9.96 Å². The standard InChI is InChI=1S/C19H22Cl3N7O4/c1-5-12(30)26-17(19(20,21)22)29-8-24-13-15(27-18(23)28-16(13)29)25-9-6-10(31-2)14(33-4)11(7-9)32-3/h6-8,17H,5H2,1-4H3,(H,26,30)(H3,23,25,27,28). The molecule has 178 valence electrons. The number of hydrogen-bond donors (Lipinski definition) is 3. The molecular weight excluding hydrogens is 497 g/mol. The fraction of sp³-hybridized carbons (Fsp3) is 0.368. The number of nitrogens with one attached hydrogen (secondary N) is 2. The second-order valence-electron chi connectivity index (χ2n) is 6.66. The lowest BCUT2D eigenvalue weighted by atomic mass is 10.2. The van der Waals surface area contributed by atoms with Crippen molar-refractivity contribution in [2.24, 2.45) is 0 Å². The number of nitrogens with zero attached hydrogens (tertiary/aromatic N) is 4. The molecule has 11 nitrogen and oxygen atoms in total. The fourth-order valence-electron chi connectivity index (χ4n) is 3.06. The Morgan fingerprint density at radius 2 is 1.79 bits per heavy atom. The molecule has 0 saturated carbocycles. The highest BCUT2D eigenvalue weighted by Gasteiger charge is 2.37. The molecule has 0 fully saturated rings. The van der Waals surface area contributed by atoms with Gasteiger partial charge in [-0.2, -0.15) is 9.97 Å². The average molecular weight is 519 g/mol. The van der Waals surface area contributed by atoms with Crippen LogP contribution in [0.3, 0.4) is 0 Å². The predicted octanol–water partition coefficient (Wildman–Crippen LogP) is 3.57. The summed E-state index contributed by atoms with van der Waals surface area (Å²) < 4.78 is 15.6. The summed E-state index contributed by atoms with van der Waals surface area (Å²) in [6, 6.07) is 3.38. The third kappa shape index (κ3) is 5.21. The number of nitrogens with two attached hydrogens (primary N) is 1. The molecule has 2 heterocycles. The lowest BCUT2D eigenvalue weighted by Gasteiger charge is -2.26. The second kappa shape index (κ2) is 9.94. The molecule has 0 aliphatic heterocycles. The molecule has 2 aromatic heterocycles. The van der Waals surface area contributed by atoms with Gasteiger partial charge in [0.05, 0.1) is 27.7 Å². The number of benzene rings is 1.